The number of aliphatic hydroxyl groups excluding tert-OH is 1. The minimum atomic E-state index is -4.43. The van der Waals surface area contributed by atoms with E-state index in [2.05, 4.69) is 92.1 Å². The Labute approximate surface area is 322 Å². The first-order valence-electron chi connectivity index (χ1n) is 20.4. The van der Waals surface area contributed by atoms with Crippen LogP contribution in [0.1, 0.15) is 155 Å². The Bertz CT molecular complexity index is 1100. The molecule has 0 spiro atoms. The van der Waals surface area contributed by atoms with Gasteiger partial charge in [-0.05, 0) is 83.5 Å². The molecular formula is C43H74NO8P. The van der Waals surface area contributed by atoms with E-state index in [4.69, 9.17) is 13.8 Å². The molecule has 2 unspecified atom stereocenters. The van der Waals surface area contributed by atoms with Crippen LogP contribution in [0.2, 0.25) is 0 Å². The molecule has 0 saturated carbocycles. The lowest BCUT2D eigenvalue weighted by molar-refractivity contribution is -0.147. The largest absolute Gasteiger partial charge is 0.472 e. The topological polar surface area (TPSA) is 131 Å². The zero-order valence-corrected chi connectivity index (χ0v) is 34.1. The number of hydrogen-bond donors (Lipinski definition) is 3. The molecule has 0 saturated heterocycles. The molecule has 0 bridgehead atoms. The first-order valence-corrected chi connectivity index (χ1v) is 21.9. The van der Waals surface area contributed by atoms with E-state index >= 15 is 0 Å². The Hall–Kier alpha value is -2.55. The van der Waals surface area contributed by atoms with Crippen LogP contribution in [0.5, 0.6) is 0 Å². The van der Waals surface area contributed by atoms with Gasteiger partial charge in [-0.1, -0.05) is 132 Å². The highest BCUT2D eigenvalue weighted by atomic mass is 31.2. The summed E-state index contributed by atoms with van der Waals surface area (Å²) in [5.74, 6) is -0.569. The maximum absolute atomic E-state index is 12.1. The molecule has 304 valence electrons. The zero-order chi connectivity index (χ0) is 38.9. The van der Waals surface area contributed by atoms with E-state index in [-0.39, 0.29) is 32.1 Å². The Morgan fingerprint density at radius 1 is 0.585 bits per heavy atom. The average Bonchev–Trinajstić information content (AvgIpc) is 3.14. The lowest BCUT2D eigenvalue weighted by Crippen LogP contribution is -2.27. The monoisotopic (exact) mass is 764 g/mol. The Morgan fingerprint density at radius 2 is 1.06 bits per heavy atom. The first kappa shape index (κ1) is 50.5. The standard InChI is InChI=1S/C43H74NO8P/c1-3-5-7-9-11-13-15-17-18-19-20-21-22-24-25-27-29-31-33-35-42(46)44-37-38-51-53(48,49)52-40-41(45)39-50-43(47)36-34-32-30-28-26-23-16-14-12-10-8-6-4-2/h8,10-11,13-14,16-18,20-21,24-25,41,45H,3-7,9,12,15,19,22-23,26-40H2,1-2H3,(H,44,46)(H,48,49)/b10-8-,13-11-,16-14-,18-17-,21-20-,25-24-. The molecule has 3 N–H and O–H groups in total. The number of amides is 1. The van der Waals surface area contributed by atoms with E-state index in [0.717, 1.165) is 89.9 Å². The van der Waals surface area contributed by atoms with Gasteiger partial charge in [-0.15, -0.1) is 0 Å². The number of carbonyl (C=O) groups is 2. The minimum absolute atomic E-state index is 0.0587. The fourth-order valence-electron chi connectivity index (χ4n) is 4.99. The van der Waals surface area contributed by atoms with Gasteiger partial charge >= 0.3 is 13.8 Å². The van der Waals surface area contributed by atoms with E-state index < -0.39 is 26.5 Å². The van der Waals surface area contributed by atoms with Crippen molar-refractivity contribution in [1.29, 1.82) is 0 Å². The van der Waals surface area contributed by atoms with Crippen LogP contribution in [0, 0.1) is 0 Å². The molecule has 9 nitrogen and oxygen atoms in total. The molecule has 2 atom stereocenters. The smallest absolute Gasteiger partial charge is 0.463 e. The number of unbranched alkanes of at least 4 members (excludes halogenated alkanes) is 12. The van der Waals surface area contributed by atoms with Gasteiger partial charge < -0.3 is 20.1 Å². The number of nitrogens with one attached hydrogen (secondary N) is 1. The van der Waals surface area contributed by atoms with Crippen molar-refractivity contribution in [3.63, 3.8) is 0 Å². The van der Waals surface area contributed by atoms with Gasteiger partial charge in [0, 0.05) is 19.4 Å². The first-order chi connectivity index (χ1) is 25.8. The molecule has 53 heavy (non-hydrogen) atoms. The number of phosphoric acid groups is 1. The number of carbonyl (C=O) groups excluding carboxylic acids is 2. The summed E-state index contributed by atoms with van der Waals surface area (Å²) in [5.41, 5.74) is 0. The molecule has 1 amide bonds. The SMILES string of the molecule is CCC/C=C\C/C=C\CCCCCCCC(=O)OCC(O)COP(=O)(O)OCCNC(=O)CCCCC/C=C\C/C=C\C/C=C\C/C=C\CCCCC. The van der Waals surface area contributed by atoms with Crippen LogP contribution in [-0.4, -0.2) is 54.3 Å². The fraction of sp³-hybridized carbons (Fsp3) is 0.674. The van der Waals surface area contributed by atoms with Crippen molar-refractivity contribution in [1.82, 2.24) is 5.32 Å². The van der Waals surface area contributed by atoms with Crippen molar-refractivity contribution in [3.8, 4) is 0 Å². The predicted octanol–water partition coefficient (Wildman–Crippen LogP) is 11.1. The van der Waals surface area contributed by atoms with Gasteiger partial charge in [0.1, 0.15) is 12.7 Å². The molecule has 0 fully saturated rings. The third-order valence-corrected chi connectivity index (χ3v) is 9.07. The normalized spacial score (nSPS) is 14.1. The predicted molar refractivity (Wildman–Crippen MR) is 219 cm³/mol. The van der Waals surface area contributed by atoms with Gasteiger partial charge in [0.2, 0.25) is 5.91 Å². The van der Waals surface area contributed by atoms with Crippen LogP contribution in [0.15, 0.2) is 72.9 Å². The third-order valence-electron chi connectivity index (χ3n) is 8.09. The lowest BCUT2D eigenvalue weighted by Gasteiger charge is -2.15. The van der Waals surface area contributed by atoms with E-state index in [9.17, 15) is 24.2 Å². The van der Waals surface area contributed by atoms with Crippen molar-refractivity contribution in [2.24, 2.45) is 0 Å². The van der Waals surface area contributed by atoms with Crippen molar-refractivity contribution < 1.29 is 37.9 Å². The van der Waals surface area contributed by atoms with E-state index in [1.165, 1.54) is 32.1 Å². The molecule has 0 aromatic rings. The summed E-state index contributed by atoms with van der Waals surface area (Å²) in [6.45, 7) is 3.38. The van der Waals surface area contributed by atoms with Crippen molar-refractivity contribution in [2.45, 2.75) is 161 Å². The van der Waals surface area contributed by atoms with E-state index in [1.807, 2.05) is 0 Å². The second kappa shape index (κ2) is 39.2. The quantitative estimate of drug-likeness (QED) is 0.0247. The molecule has 0 aromatic heterocycles. The molecule has 0 aliphatic carbocycles. The molecule has 0 rings (SSSR count). The van der Waals surface area contributed by atoms with Crippen LogP contribution in [-0.2, 0) is 27.9 Å². The summed E-state index contributed by atoms with van der Waals surface area (Å²) in [6.07, 6.45) is 46.9. The maximum atomic E-state index is 12.1. The molecule has 0 heterocycles. The Morgan fingerprint density at radius 3 is 1.62 bits per heavy atom. The summed E-state index contributed by atoms with van der Waals surface area (Å²) in [7, 11) is -4.43. The van der Waals surface area contributed by atoms with Crippen LogP contribution in [0.25, 0.3) is 0 Å². The van der Waals surface area contributed by atoms with Gasteiger partial charge in [0.25, 0.3) is 0 Å². The highest BCUT2D eigenvalue weighted by Crippen LogP contribution is 2.42. The number of hydrogen-bond acceptors (Lipinski definition) is 7. The van der Waals surface area contributed by atoms with Gasteiger partial charge in [0.05, 0.1) is 13.2 Å². The van der Waals surface area contributed by atoms with E-state index in [0.29, 0.717) is 12.8 Å². The second-order valence-corrected chi connectivity index (χ2v) is 14.7. The zero-order valence-electron chi connectivity index (χ0n) is 33.2. The van der Waals surface area contributed by atoms with Crippen molar-refractivity contribution >= 4 is 19.7 Å². The van der Waals surface area contributed by atoms with Crippen molar-refractivity contribution in [2.75, 3.05) is 26.4 Å². The van der Waals surface area contributed by atoms with Crippen molar-refractivity contribution in [3.05, 3.63) is 72.9 Å². The molecule has 0 aromatic carbocycles. The molecule has 0 aliphatic rings. The maximum Gasteiger partial charge on any atom is 0.472 e. The molecule has 0 radical (unpaired) electrons. The second-order valence-electron chi connectivity index (χ2n) is 13.2. The fourth-order valence-corrected chi connectivity index (χ4v) is 5.74. The van der Waals surface area contributed by atoms with E-state index in [1.54, 1.807) is 0 Å². The highest BCUT2D eigenvalue weighted by molar-refractivity contribution is 7.47. The Balaban J connectivity index is 3.71. The molecule has 0 aliphatic heterocycles. The summed E-state index contributed by atoms with van der Waals surface area (Å²) >= 11 is 0. The van der Waals surface area contributed by atoms with Crippen LogP contribution < -0.4 is 5.32 Å². The molecule has 10 heteroatoms. The van der Waals surface area contributed by atoms with Crippen LogP contribution in [0.4, 0.5) is 0 Å². The molecular weight excluding hydrogens is 689 g/mol. The Kier molecular flexibility index (Phi) is 37.3. The van der Waals surface area contributed by atoms with Gasteiger partial charge in [-0.25, -0.2) is 4.57 Å². The van der Waals surface area contributed by atoms with Crippen LogP contribution >= 0.6 is 7.82 Å². The lowest BCUT2D eigenvalue weighted by atomic mass is 10.1. The van der Waals surface area contributed by atoms with Crippen LogP contribution in [0.3, 0.4) is 0 Å². The number of esters is 1. The minimum Gasteiger partial charge on any atom is -0.463 e. The number of allylic oxidation sites excluding steroid dienone is 12. The average molecular weight is 764 g/mol. The van der Waals surface area contributed by atoms with Gasteiger partial charge in [-0.3, -0.25) is 18.6 Å². The number of phosphoric ester groups is 1. The number of ether oxygens (including phenoxy) is 1. The summed E-state index contributed by atoms with van der Waals surface area (Å²) < 4.78 is 26.8. The highest BCUT2D eigenvalue weighted by Gasteiger charge is 2.23. The summed E-state index contributed by atoms with van der Waals surface area (Å²) in [4.78, 5) is 33.8. The third kappa shape index (κ3) is 40.5. The summed E-state index contributed by atoms with van der Waals surface area (Å²) in [5, 5.41) is 12.6. The van der Waals surface area contributed by atoms with Gasteiger partial charge in [0.15, 0.2) is 0 Å². The van der Waals surface area contributed by atoms with Gasteiger partial charge in [-0.2, -0.15) is 0 Å². The summed E-state index contributed by atoms with van der Waals surface area (Å²) in [6, 6.07) is 0. The number of rotatable bonds is 37. The number of aliphatic hydroxyl groups is 1.